The Labute approximate surface area is 269 Å². The van der Waals surface area contributed by atoms with Crippen molar-refractivity contribution < 1.29 is 14.7 Å². The fourth-order valence-corrected chi connectivity index (χ4v) is 7.73. The molecule has 1 amide bonds. The molecule has 5 aromatic rings. The highest BCUT2D eigenvalue weighted by Gasteiger charge is 2.44. The molecule has 0 spiro atoms. The van der Waals surface area contributed by atoms with Crippen molar-refractivity contribution in [1.82, 2.24) is 24.4 Å². The number of carbonyl (C=O) groups excluding carboxylic acids is 1. The van der Waals surface area contributed by atoms with Crippen molar-refractivity contribution in [2.75, 3.05) is 0 Å². The van der Waals surface area contributed by atoms with Crippen LogP contribution in [-0.2, 0) is 17.4 Å². The van der Waals surface area contributed by atoms with Gasteiger partial charge in [0.2, 0.25) is 0 Å². The van der Waals surface area contributed by atoms with Crippen molar-refractivity contribution in [3.05, 3.63) is 88.5 Å². The first kappa shape index (κ1) is 30.0. The van der Waals surface area contributed by atoms with E-state index in [9.17, 15) is 9.59 Å². The predicted molar refractivity (Wildman–Crippen MR) is 182 cm³/mol. The van der Waals surface area contributed by atoms with Gasteiger partial charge in [-0.3, -0.25) is 9.78 Å². The zero-order valence-corrected chi connectivity index (χ0v) is 27.1. The van der Waals surface area contributed by atoms with Crippen LogP contribution in [0.4, 0.5) is 0 Å². The lowest BCUT2D eigenvalue weighted by molar-refractivity contribution is -0.131. The maximum absolute atomic E-state index is 14.0. The Morgan fingerprint density at radius 3 is 2.41 bits per heavy atom. The number of nitrogens with one attached hydrogen (secondary N) is 1. The number of carboxylic acid groups (broad SMARTS) is 1. The van der Waals surface area contributed by atoms with E-state index in [1.54, 1.807) is 6.08 Å². The van der Waals surface area contributed by atoms with Gasteiger partial charge < -0.3 is 19.6 Å². The molecular formula is C38H41N5O3. The predicted octanol–water partition coefficient (Wildman–Crippen LogP) is 7.93. The normalized spacial score (nSPS) is 16.7. The summed E-state index contributed by atoms with van der Waals surface area (Å²) in [4.78, 5) is 34.8. The highest BCUT2D eigenvalue weighted by Crippen LogP contribution is 2.43. The molecule has 7 rings (SSSR count). The number of nitrogens with zero attached hydrogens (tertiary/aromatic N) is 4. The number of hydrogen-bond acceptors (Lipinski definition) is 4. The first-order chi connectivity index (χ1) is 22.1. The Kier molecular flexibility index (Phi) is 7.54. The summed E-state index contributed by atoms with van der Waals surface area (Å²) in [6.07, 6.45) is 11.4. The van der Waals surface area contributed by atoms with E-state index in [1.165, 1.54) is 36.0 Å². The molecule has 2 aromatic carbocycles. The van der Waals surface area contributed by atoms with Crippen molar-refractivity contribution in [1.29, 1.82) is 0 Å². The van der Waals surface area contributed by atoms with Crippen molar-refractivity contribution >= 4 is 39.9 Å². The fraction of sp³-hybridized carbons (Fsp3) is 0.368. The molecule has 0 aliphatic heterocycles. The summed E-state index contributed by atoms with van der Waals surface area (Å²) in [7, 11) is 1.97. The van der Waals surface area contributed by atoms with Crippen LogP contribution in [-0.4, -0.2) is 36.1 Å². The number of aliphatic carboxylic acids is 1. The second-order valence-corrected chi connectivity index (χ2v) is 13.3. The van der Waals surface area contributed by atoms with Gasteiger partial charge in [-0.15, -0.1) is 0 Å². The Morgan fingerprint density at radius 2 is 1.72 bits per heavy atom. The lowest BCUT2D eigenvalue weighted by atomic mass is 9.75. The number of fused-ring (bicyclic) bond motifs is 2. The van der Waals surface area contributed by atoms with E-state index in [0.29, 0.717) is 11.6 Å². The second kappa shape index (κ2) is 11.6. The summed E-state index contributed by atoms with van der Waals surface area (Å²) >= 11 is 0. The number of rotatable bonds is 7. The lowest BCUT2D eigenvalue weighted by Gasteiger charge is -2.41. The van der Waals surface area contributed by atoms with Gasteiger partial charge >= 0.3 is 5.97 Å². The standard InChI is InChI=1S/C38H41N5O3/c1-23-11-15-29(25(3)39-23)35-24(2)30-22-27(14-17-32(30)43(35)28-9-6-5-7-10-28)36(46)41-38(19-8-20-38)37-40-31-16-12-26(13-18-34(44)45)21-33(31)42(37)4/h11-18,21-22,28H,5-10,19-20H2,1-4H3,(H,41,46)(H,44,45). The minimum absolute atomic E-state index is 0.0988. The quantitative estimate of drug-likeness (QED) is 0.181. The first-order valence-corrected chi connectivity index (χ1v) is 16.4. The van der Waals surface area contributed by atoms with Crippen LogP contribution in [0.15, 0.2) is 54.6 Å². The van der Waals surface area contributed by atoms with Gasteiger partial charge in [-0.1, -0.05) is 25.3 Å². The van der Waals surface area contributed by atoms with Crippen LogP contribution in [0.3, 0.4) is 0 Å². The number of pyridine rings is 1. The van der Waals surface area contributed by atoms with Gasteiger partial charge in [-0.05, 0) is 113 Å². The van der Waals surface area contributed by atoms with Crippen LogP contribution in [0.5, 0.6) is 0 Å². The van der Waals surface area contributed by atoms with Crippen molar-refractivity contribution in [2.24, 2.45) is 7.05 Å². The van der Waals surface area contributed by atoms with Crippen LogP contribution in [0.2, 0.25) is 0 Å². The van der Waals surface area contributed by atoms with Crippen LogP contribution in [0, 0.1) is 20.8 Å². The van der Waals surface area contributed by atoms with Gasteiger partial charge in [-0.2, -0.15) is 0 Å². The van der Waals surface area contributed by atoms with Crippen LogP contribution < -0.4 is 5.32 Å². The summed E-state index contributed by atoms with van der Waals surface area (Å²) in [6.45, 7) is 6.31. The molecule has 3 aromatic heterocycles. The van der Waals surface area contributed by atoms with Crippen molar-refractivity contribution in [3.8, 4) is 11.3 Å². The molecule has 46 heavy (non-hydrogen) atoms. The number of amides is 1. The lowest BCUT2D eigenvalue weighted by Crippen LogP contribution is -2.52. The number of hydrogen-bond donors (Lipinski definition) is 2. The smallest absolute Gasteiger partial charge is 0.328 e. The summed E-state index contributed by atoms with van der Waals surface area (Å²) in [5.41, 5.74) is 9.38. The van der Waals surface area contributed by atoms with E-state index in [4.69, 9.17) is 15.1 Å². The van der Waals surface area contributed by atoms with Crippen molar-refractivity contribution in [2.45, 2.75) is 83.7 Å². The Bertz CT molecular complexity index is 2040. The van der Waals surface area contributed by atoms with Crippen molar-refractivity contribution in [3.63, 3.8) is 0 Å². The molecule has 3 heterocycles. The number of imidazole rings is 1. The zero-order valence-electron chi connectivity index (χ0n) is 27.1. The molecule has 8 heteroatoms. The Balaban J connectivity index is 1.26. The maximum atomic E-state index is 14.0. The van der Waals surface area contributed by atoms with E-state index >= 15 is 0 Å². The molecule has 0 saturated heterocycles. The molecule has 2 N–H and O–H groups in total. The molecule has 0 atom stereocenters. The minimum Gasteiger partial charge on any atom is -0.478 e. The fourth-order valence-electron chi connectivity index (χ4n) is 7.73. The number of benzene rings is 2. The van der Waals surface area contributed by atoms with Gasteiger partial charge in [0.05, 0.1) is 22.3 Å². The number of aryl methyl sites for hydroxylation is 4. The average Bonchev–Trinajstić information content (AvgIpc) is 3.51. The highest BCUT2D eigenvalue weighted by molar-refractivity contribution is 6.01. The molecule has 2 aliphatic rings. The van der Waals surface area contributed by atoms with Gasteiger partial charge in [0.25, 0.3) is 5.91 Å². The third kappa shape index (κ3) is 5.10. The average molecular weight is 616 g/mol. The molecule has 0 radical (unpaired) electrons. The third-order valence-corrected chi connectivity index (χ3v) is 10.2. The Morgan fingerprint density at radius 1 is 0.935 bits per heavy atom. The molecular weight excluding hydrogens is 574 g/mol. The molecule has 0 bridgehead atoms. The van der Waals surface area contributed by atoms with E-state index in [-0.39, 0.29) is 5.91 Å². The molecule has 0 unspecified atom stereocenters. The first-order valence-electron chi connectivity index (χ1n) is 16.4. The summed E-state index contributed by atoms with van der Waals surface area (Å²) in [5.74, 6) is -0.260. The monoisotopic (exact) mass is 615 g/mol. The summed E-state index contributed by atoms with van der Waals surface area (Å²) < 4.78 is 4.58. The maximum Gasteiger partial charge on any atom is 0.328 e. The van der Waals surface area contributed by atoms with Crippen LogP contribution in [0.25, 0.3) is 39.3 Å². The molecule has 2 fully saturated rings. The molecule has 8 nitrogen and oxygen atoms in total. The van der Waals surface area contributed by atoms with Gasteiger partial charge in [0.15, 0.2) is 0 Å². The van der Waals surface area contributed by atoms with E-state index in [2.05, 4.69) is 48.0 Å². The van der Waals surface area contributed by atoms with Gasteiger partial charge in [0.1, 0.15) is 5.82 Å². The molecule has 236 valence electrons. The molecule has 2 aliphatic carbocycles. The van der Waals surface area contributed by atoms with E-state index < -0.39 is 11.5 Å². The van der Waals surface area contributed by atoms with E-state index in [0.717, 1.165) is 82.9 Å². The second-order valence-electron chi connectivity index (χ2n) is 13.3. The SMILES string of the molecule is Cc1ccc(-c2c(C)c3cc(C(=O)NC4(c5nc6ccc(C=CC(=O)O)cc6n5C)CCC4)ccc3n2C2CCCCC2)c(C)n1. The largest absolute Gasteiger partial charge is 0.478 e. The van der Waals surface area contributed by atoms with E-state index in [1.807, 2.05) is 42.8 Å². The molecule has 2 saturated carbocycles. The van der Waals surface area contributed by atoms with Crippen LogP contribution >= 0.6 is 0 Å². The summed E-state index contributed by atoms with van der Waals surface area (Å²) in [5, 5.41) is 13.6. The van der Waals surface area contributed by atoms with Gasteiger partial charge in [0, 0.05) is 52.6 Å². The number of aromatic nitrogens is 4. The third-order valence-electron chi connectivity index (χ3n) is 10.2. The Hall–Kier alpha value is -4.72. The topological polar surface area (TPSA) is 102 Å². The summed E-state index contributed by atoms with van der Waals surface area (Å²) in [6, 6.07) is 16.6. The minimum atomic E-state index is -0.987. The number of carbonyl (C=O) groups is 2. The highest BCUT2D eigenvalue weighted by atomic mass is 16.4. The number of carboxylic acids is 1. The van der Waals surface area contributed by atoms with Crippen LogP contribution in [0.1, 0.15) is 96.1 Å². The van der Waals surface area contributed by atoms with Gasteiger partial charge in [-0.25, -0.2) is 9.78 Å². The zero-order chi connectivity index (χ0) is 32.2.